The SMILES string of the molecule is CC(C)c1nc2ccccc2n1CCCC(=O)N(C)[C@@H]1CC[C@@H](N2CCNC(=O)C2)[C@@H]1O. The number of nitrogens with zero attached hydrogens (tertiary/aromatic N) is 4. The number of aryl methyl sites for hydroxylation is 1. The first-order valence-corrected chi connectivity index (χ1v) is 11.8. The lowest BCUT2D eigenvalue weighted by molar-refractivity contribution is -0.135. The van der Waals surface area contributed by atoms with Crippen molar-refractivity contribution in [3.8, 4) is 0 Å². The van der Waals surface area contributed by atoms with Crippen LogP contribution in [0.15, 0.2) is 24.3 Å². The number of para-hydroxylation sites is 2. The smallest absolute Gasteiger partial charge is 0.234 e. The first kappa shape index (κ1) is 22.7. The van der Waals surface area contributed by atoms with Gasteiger partial charge < -0.3 is 19.9 Å². The van der Waals surface area contributed by atoms with Gasteiger partial charge in [-0.3, -0.25) is 14.5 Å². The van der Waals surface area contributed by atoms with Crippen molar-refractivity contribution in [3.63, 3.8) is 0 Å². The van der Waals surface area contributed by atoms with Crippen LogP contribution in [0.2, 0.25) is 0 Å². The fourth-order valence-electron chi connectivity index (χ4n) is 5.22. The number of amides is 2. The number of rotatable bonds is 7. The van der Waals surface area contributed by atoms with Crippen molar-refractivity contribution in [2.45, 2.75) is 70.2 Å². The van der Waals surface area contributed by atoms with Crippen LogP contribution in [-0.4, -0.2) is 81.1 Å². The second kappa shape index (κ2) is 9.58. The number of aromatic nitrogens is 2. The van der Waals surface area contributed by atoms with Crippen molar-refractivity contribution < 1.29 is 14.7 Å². The first-order valence-electron chi connectivity index (χ1n) is 11.8. The van der Waals surface area contributed by atoms with Gasteiger partial charge in [-0.05, 0) is 31.4 Å². The second-order valence-corrected chi connectivity index (χ2v) is 9.40. The average Bonchev–Trinajstić information content (AvgIpc) is 3.34. The summed E-state index contributed by atoms with van der Waals surface area (Å²) in [5.74, 6) is 1.42. The number of fused-ring (bicyclic) bond motifs is 1. The number of aliphatic hydroxyl groups excluding tert-OH is 1. The molecule has 2 amide bonds. The van der Waals surface area contributed by atoms with Crippen molar-refractivity contribution in [1.82, 2.24) is 24.7 Å². The van der Waals surface area contributed by atoms with E-state index in [9.17, 15) is 14.7 Å². The lowest BCUT2D eigenvalue weighted by Gasteiger charge is -2.36. The number of hydrogen-bond donors (Lipinski definition) is 2. The molecule has 0 unspecified atom stereocenters. The topological polar surface area (TPSA) is 90.7 Å². The van der Waals surface area contributed by atoms with Crippen molar-refractivity contribution in [3.05, 3.63) is 30.1 Å². The minimum atomic E-state index is -0.625. The summed E-state index contributed by atoms with van der Waals surface area (Å²) in [6, 6.07) is 7.87. The van der Waals surface area contributed by atoms with E-state index in [2.05, 4.69) is 34.7 Å². The second-order valence-electron chi connectivity index (χ2n) is 9.40. The van der Waals surface area contributed by atoms with Crippen LogP contribution in [0.3, 0.4) is 0 Å². The van der Waals surface area contributed by atoms with E-state index < -0.39 is 6.10 Å². The number of carbonyl (C=O) groups is 2. The third-order valence-electron chi connectivity index (χ3n) is 6.95. The van der Waals surface area contributed by atoms with Gasteiger partial charge in [-0.25, -0.2) is 4.98 Å². The molecule has 1 aromatic carbocycles. The van der Waals surface area contributed by atoms with Crippen LogP contribution in [0.1, 0.15) is 51.3 Å². The van der Waals surface area contributed by atoms with Crippen LogP contribution in [0.5, 0.6) is 0 Å². The number of hydrogen-bond acceptors (Lipinski definition) is 5. The molecule has 2 heterocycles. The average molecular weight is 442 g/mol. The summed E-state index contributed by atoms with van der Waals surface area (Å²) in [4.78, 5) is 33.2. The zero-order chi connectivity index (χ0) is 22.8. The minimum Gasteiger partial charge on any atom is -0.389 e. The molecule has 0 radical (unpaired) electrons. The van der Waals surface area contributed by atoms with Crippen molar-refractivity contribution >= 4 is 22.8 Å². The summed E-state index contributed by atoms with van der Waals surface area (Å²) in [6.07, 6.45) is 2.09. The van der Waals surface area contributed by atoms with E-state index >= 15 is 0 Å². The van der Waals surface area contributed by atoms with Crippen LogP contribution >= 0.6 is 0 Å². The Morgan fingerprint density at radius 3 is 2.84 bits per heavy atom. The number of piperazine rings is 1. The number of imidazole rings is 1. The van der Waals surface area contributed by atoms with Crippen molar-refractivity contribution in [2.75, 3.05) is 26.7 Å². The summed E-state index contributed by atoms with van der Waals surface area (Å²) in [5, 5.41) is 13.7. The lowest BCUT2D eigenvalue weighted by atomic mass is 10.1. The van der Waals surface area contributed by atoms with Gasteiger partial charge in [0.15, 0.2) is 0 Å². The molecule has 32 heavy (non-hydrogen) atoms. The molecule has 2 aliphatic rings. The van der Waals surface area contributed by atoms with E-state index in [0.717, 1.165) is 49.2 Å². The summed E-state index contributed by atoms with van der Waals surface area (Å²) < 4.78 is 2.23. The molecule has 1 aromatic heterocycles. The molecule has 0 bridgehead atoms. The molecule has 4 rings (SSSR count). The van der Waals surface area contributed by atoms with E-state index in [1.807, 2.05) is 18.2 Å². The van der Waals surface area contributed by atoms with E-state index in [1.165, 1.54) is 0 Å². The number of carbonyl (C=O) groups excluding carboxylic acids is 2. The molecule has 8 nitrogen and oxygen atoms in total. The predicted molar refractivity (Wildman–Crippen MR) is 123 cm³/mol. The molecule has 0 spiro atoms. The van der Waals surface area contributed by atoms with Crippen LogP contribution in [-0.2, 0) is 16.1 Å². The van der Waals surface area contributed by atoms with E-state index in [1.54, 1.807) is 11.9 Å². The van der Waals surface area contributed by atoms with Crippen LogP contribution in [0.4, 0.5) is 0 Å². The monoisotopic (exact) mass is 441 g/mol. The number of likely N-dealkylation sites (N-methyl/N-ethyl adjacent to an activating group) is 1. The molecular weight excluding hydrogens is 406 g/mol. The lowest BCUT2D eigenvalue weighted by Crippen LogP contribution is -2.55. The van der Waals surface area contributed by atoms with Crippen LogP contribution < -0.4 is 5.32 Å². The van der Waals surface area contributed by atoms with E-state index in [0.29, 0.717) is 25.4 Å². The predicted octanol–water partition coefficient (Wildman–Crippen LogP) is 1.72. The Morgan fingerprint density at radius 1 is 1.31 bits per heavy atom. The Bertz CT molecular complexity index is 972. The summed E-state index contributed by atoms with van der Waals surface area (Å²) in [7, 11) is 1.80. The third kappa shape index (κ3) is 4.52. The zero-order valence-electron chi connectivity index (χ0n) is 19.3. The quantitative estimate of drug-likeness (QED) is 0.683. The van der Waals surface area contributed by atoms with Gasteiger partial charge in [-0.2, -0.15) is 0 Å². The maximum atomic E-state index is 12.9. The Balaban J connectivity index is 1.34. The summed E-state index contributed by atoms with van der Waals surface area (Å²) in [6.45, 7) is 6.70. The van der Waals surface area contributed by atoms with Gasteiger partial charge in [0.05, 0.1) is 29.7 Å². The standard InChI is InChI=1S/C24H35N5O3/c1-16(2)24-26-17-7-4-5-8-18(17)29(24)13-6-9-22(31)27(3)19-10-11-20(23(19)32)28-14-12-25-21(30)15-28/h4-5,7-8,16,19-20,23,32H,6,9-15H2,1-3H3,(H,25,30)/t19-,20-,23-/m1/s1. The Hall–Kier alpha value is -2.45. The number of benzene rings is 1. The highest BCUT2D eigenvalue weighted by molar-refractivity contribution is 5.79. The molecule has 1 saturated carbocycles. The van der Waals surface area contributed by atoms with Gasteiger partial charge in [-0.1, -0.05) is 26.0 Å². The minimum absolute atomic E-state index is 0.00382. The van der Waals surface area contributed by atoms with Crippen molar-refractivity contribution in [1.29, 1.82) is 0 Å². The molecular formula is C24H35N5O3. The van der Waals surface area contributed by atoms with Gasteiger partial charge in [-0.15, -0.1) is 0 Å². The molecule has 1 saturated heterocycles. The highest BCUT2D eigenvalue weighted by Gasteiger charge is 2.42. The highest BCUT2D eigenvalue weighted by atomic mass is 16.3. The Kier molecular flexibility index (Phi) is 6.81. The maximum absolute atomic E-state index is 12.9. The third-order valence-corrected chi connectivity index (χ3v) is 6.95. The molecule has 1 aliphatic heterocycles. The number of aliphatic hydroxyl groups is 1. The van der Waals surface area contributed by atoms with Gasteiger partial charge >= 0.3 is 0 Å². The summed E-state index contributed by atoms with van der Waals surface area (Å²) >= 11 is 0. The highest BCUT2D eigenvalue weighted by Crippen LogP contribution is 2.29. The molecule has 8 heteroatoms. The Morgan fingerprint density at radius 2 is 2.09 bits per heavy atom. The molecule has 2 aromatic rings. The zero-order valence-corrected chi connectivity index (χ0v) is 19.3. The normalized spacial score (nSPS) is 24.3. The largest absolute Gasteiger partial charge is 0.389 e. The van der Waals surface area contributed by atoms with Crippen LogP contribution in [0.25, 0.3) is 11.0 Å². The van der Waals surface area contributed by atoms with E-state index in [4.69, 9.17) is 4.98 Å². The molecule has 3 atom stereocenters. The molecule has 2 fully saturated rings. The molecule has 2 N–H and O–H groups in total. The summed E-state index contributed by atoms with van der Waals surface area (Å²) in [5.41, 5.74) is 2.10. The maximum Gasteiger partial charge on any atom is 0.234 e. The van der Waals surface area contributed by atoms with Crippen molar-refractivity contribution in [2.24, 2.45) is 0 Å². The molecule has 174 valence electrons. The van der Waals surface area contributed by atoms with Gasteiger partial charge in [0.25, 0.3) is 0 Å². The van der Waals surface area contributed by atoms with Gasteiger partial charge in [0, 0.05) is 45.1 Å². The van der Waals surface area contributed by atoms with Gasteiger partial charge in [0.1, 0.15) is 5.82 Å². The molecule has 1 aliphatic carbocycles. The first-order chi connectivity index (χ1) is 15.4. The van der Waals surface area contributed by atoms with Gasteiger partial charge in [0.2, 0.25) is 11.8 Å². The number of nitrogens with one attached hydrogen (secondary N) is 1. The Labute approximate surface area is 189 Å². The fourth-order valence-corrected chi connectivity index (χ4v) is 5.22. The van der Waals surface area contributed by atoms with E-state index in [-0.39, 0.29) is 23.9 Å². The fraction of sp³-hybridized carbons (Fsp3) is 0.625. The van der Waals surface area contributed by atoms with Crippen LogP contribution in [0, 0.1) is 0 Å².